The lowest BCUT2D eigenvalue weighted by Crippen LogP contribution is -2.50. The molecule has 47 heavy (non-hydrogen) atoms. The molecule has 2 saturated heterocycles. The van der Waals surface area contributed by atoms with Crippen molar-refractivity contribution in [1.29, 1.82) is 0 Å². The van der Waals surface area contributed by atoms with Crippen LogP contribution in [0.4, 0.5) is 4.79 Å². The fraction of sp³-hybridized carbons (Fsp3) is 0.750. The number of carbonyl (C=O) groups excluding carboxylic acids is 2. The molecule has 0 aromatic rings. The number of amides is 3. The van der Waals surface area contributed by atoms with Crippen molar-refractivity contribution in [2.75, 3.05) is 64.7 Å². The summed E-state index contributed by atoms with van der Waals surface area (Å²) in [6, 6.07) is -0.982. The van der Waals surface area contributed by atoms with Gasteiger partial charge in [0.1, 0.15) is 6.04 Å². The molecule has 8 N–H and O–H groups in total. The van der Waals surface area contributed by atoms with Gasteiger partial charge in [-0.25, -0.2) is 4.79 Å². The molecule has 0 spiro atoms. The van der Waals surface area contributed by atoms with Gasteiger partial charge in [0.25, 0.3) is 0 Å². The second-order valence-electron chi connectivity index (χ2n) is 11.6. The van der Waals surface area contributed by atoms with Crippen LogP contribution in [-0.4, -0.2) is 170 Å². The SMILES string of the molecule is O=C(O)CN(CCN(CCN(CC(=O)O)CC(=O)O)C(CCCCNC(=O)CCCC[C@@H]1SC[C@@H]2NC(=O)N[C@@H]21)C(=O)O)CC(=O)O. The minimum atomic E-state index is -1.27. The number of nitrogens with zero attached hydrogens (tertiary/aromatic N) is 3. The van der Waals surface area contributed by atoms with Crippen LogP contribution in [0.25, 0.3) is 0 Å². The third-order valence-corrected chi connectivity index (χ3v) is 9.38. The van der Waals surface area contributed by atoms with Crippen LogP contribution in [0.2, 0.25) is 0 Å². The summed E-state index contributed by atoms with van der Waals surface area (Å²) in [5, 5.41) is 55.6. The quantitative estimate of drug-likeness (QED) is 0.0387. The molecule has 266 valence electrons. The van der Waals surface area contributed by atoms with E-state index in [1.165, 1.54) is 4.90 Å². The number of hydrogen-bond donors (Lipinski definition) is 8. The number of carboxylic acids is 5. The highest BCUT2D eigenvalue weighted by Crippen LogP contribution is 2.33. The van der Waals surface area contributed by atoms with E-state index in [1.807, 2.05) is 11.8 Å². The maximum Gasteiger partial charge on any atom is 0.320 e. The molecule has 1 unspecified atom stereocenters. The van der Waals surface area contributed by atoms with Crippen LogP contribution < -0.4 is 16.0 Å². The van der Waals surface area contributed by atoms with Gasteiger partial charge in [-0.2, -0.15) is 11.8 Å². The molecule has 2 rings (SSSR count). The van der Waals surface area contributed by atoms with Crippen molar-refractivity contribution in [2.24, 2.45) is 0 Å². The first-order valence-electron chi connectivity index (χ1n) is 15.5. The molecule has 0 bridgehead atoms. The minimum absolute atomic E-state index is 0.0775. The molecule has 3 amide bonds. The van der Waals surface area contributed by atoms with Crippen LogP contribution in [-0.2, 0) is 28.8 Å². The van der Waals surface area contributed by atoms with Crippen LogP contribution in [0.1, 0.15) is 44.9 Å². The highest BCUT2D eigenvalue weighted by Gasteiger charge is 2.42. The Kier molecular flexibility index (Phi) is 17.3. The molecule has 2 heterocycles. The second-order valence-corrected chi connectivity index (χ2v) is 12.9. The summed E-state index contributed by atoms with van der Waals surface area (Å²) in [6.45, 7) is -2.48. The van der Waals surface area contributed by atoms with Crippen molar-refractivity contribution in [3.05, 3.63) is 0 Å². The lowest BCUT2D eigenvalue weighted by Gasteiger charge is -2.32. The van der Waals surface area contributed by atoms with E-state index in [2.05, 4.69) is 16.0 Å². The van der Waals surface area contributed by atoms with E-state index in [9.17, 15) is 38.7 Å². The summed E-state index contributed by atoms with van der Waals surface area (Å²) in [5.41, 5.74) is 0. The Morgan fingerprint density at radius 2 is 1.32 bits per heavy atom. The van der Waals surface area contributed by atoms with E-state index in [0.717, 1.165) is 28.4 Å². The van der Waals surface area contributed by atoms with Gasteiger partial charge in [0.2, 0.25) is 5.91 Å². The normalized spacial score (nSPS) is 19.3. The Hall–Kier alpha value is -3.68. The summed E-state index contributed by atoms with van der Waals surface area (Å²) >= 11 is 1.82. The first kappa shape index (κ1) is 39.5. The summed E-state index contributed by atoms with van der Waals surface area (Å²) < 4.78 is 0. The van der Waals surface area contributed by atoms with Crippen molar-refractivity contribution in [3.63, 3.8) is 0 Å². The molecule has 2 aliphatic heterocycles. The number of nitrogens with one attached hydrogen (secondary N) is 3. The topological polar surface area (TPSA) is 266 Å². The predicted molar refractivity (Wildman–Crippen MR) is 167 cm³/mol. The summed E-state index contributed by atoms with van der Waals surface area (Å²) in [6.07, 6.45) is 3.74. The zero-order valence-corrected chi connectivity index (χ0v) is 27.0. The van der Waals surface area contributed by atoms with Gasteiger partial charge in [-0.1, -0.05) is 6.42 Å². The monoisotopic (exact) mass is 690 g/mol. The maximum atomic E-state index is 12.3. The van der Waals surface area contributed by atoms with Crippen molar-refractivity contribution >= 4 is 53.5 Å². The predicted octanol–water partition coefficient (Wildman–Crippen LogP) is -1.30. The van der Waals surface area contributed by atoms with Gasteiger partial charge in [0.05, 0.1) is 38.3 Å². The number of rotatable bonds is 26. The third-order valence-electron chi connectivity index (χ3n) is 7.88. The number of hydrogen-bond acceptors (Lipinski definition) is 11. The van der Waals surface area contributed by atoms with Gasteiger partial charge in [-0.05, 0) is 32.1 Å². The van der Waals surface area contributed by atoms with E-state index < -0.39 is 62.1 Å². The van der Waals surface area contributed by atoms with Gasteiger partial charge >= 0.3 is 35.9 Å². The van der Waals surface area contributed by atoms with Crippen LogP contribution in [0.3, 0.4) is 0 Å². The Labute approximate surface area is 276 Å². The number of carbonyl (C=O) groups is 7. The molecule has 0 saturated carbocycles. The molecule has 4 atom stereocenters. The van der Waals surface area contributed by atoms with E-state index in [-0.39, 0.29) is 56.6 Å². The number of aliphatic carboxylic acids is 5. The minimum Gasteiger partial charge on any atom is -0.480 e. The molecule has 0 aromatic carbocycles. The first-order chi connectivity index (χ1) is 22.2. The van der Waals surface area contributed by atoms with Gasteiger partial charge in [-0.15, -0.1) is 0 Å². The smallest absolute Gasteiger partial charge is 0.320 e. The second kappa shape index (κ2) is 20.5. The molecule has 2 aliphatic rings. The summed E-state index contributed by atoms with van der Waals surface area (Å²) in [5.74, 6) is -5.55. The molecule has 0 radical (unpaired) electrons. The van der Waals surface area contributed by atoms with Gasteiger partial charge in [-0.3, -0.25) is 43.5 Å². The van der Waals surface area contributed by atoms with Crippen LogP contribution in [0.5, 0.6) is 0 Å². The van der Waals surface area contributed by atoms with E-state index in [0.29, 0.717) is 37.5 Å². The Morgan fingerprint density at radius 3 is 1.83 bits per heavy atom. The lowest BCUT2D eigenvalue weighted by molar-refractivity contribution is -0.146. The molecular weight excluding hydrogens is 644 g/mol. The molecule has 0 aliphatic carbocycles. The molecule has 19 heteroatoms. The molecule has 0 aromatic heterocycles. The number of carboxylic acid groups (broad SMARTS) is 5. The van der Waals surface area contributed by atoms with Crippen LogP contribution in [0.15, 0.2) is 0 Å². The Bertz CT molecular complexity index is 1040. The number of thioether (sulfide) groups is 1. The Balaban J connectivity index is 1.86. The van der Waals surface area contributed by atoms with Gasteiger partial charge in [0, 0.05) is 50.1 Å². The average Bonchev–Trinajstić information content (AvgIpc) is 3.51. The van der Waals surface area contributed by atoms with Gasteiger partial charge < -0.3 is 41.5 Å². The fourth-order valence-electron chi connectivity index (χ4n) is 5.67. The van der Waals surface area contributed by atoms with Crippen LogP contribution in [0, 0.1) is 0 Å². The van der Waals surface area contributed by atoms with Crippen LogP contribution >= 0.6 is 11.8 Å². The Morgan fingerprint density at radius 1 is 0.766 bits per heavy atom. The number of fused-ring (bicyclic) bond motifs is 1. The third kappa shape index (κ3) is 15.6. The van der Waals surface area contributed by atoms with E-state index in [4.69, 9.17) is 20.4 Å². The van der Waals surface area contributed by atoms with E-state index >= 15 is 0 Å². The zero-order chi connectivity index (χ0) is 34.9. The highest BCUT2D eigenvalue weighted by molar-refractivity contribution is 8.00. The van der Waals surface area contributed by atoms with Crippen molar-refractivity contribution in [3.8, 4) is 0 Å². The van der Waals surface area contributed by atoms with Crippen molar-refractivity contribution in [1.82, 2.24) is 30.7 Å². The molecular formula is C28H46N6O12S. The van der Waals surface area contributed by atoms with Gasteiger partial charge in [0.15, 0.2) is 0 Å². The molecule has 2 fully saturated rings. The number of urea groups is 1. The average molecular weight is 691 g/mol. The largest absolute Gasteiger partial charge is 0.480 e. The lowest BCUT2D eigenvalue weighted by atomic mass is 10.0. The first-order valence-corrected chi connectivity index (χ1v) is 16.5. The summed E-state index contributed by atoms with van der Waals surface area (Å²) in [7, 11) is 0. The summed E-state index contributed by atoms with van der Waals surface area (Å²) in [4.78, 5) is 84.7. The zero-order valence-electron chi connectivity index (χ0n) is 26.2. The van der Waals surface area contributed by atoms with Crippen molar-refractivity contribution < 1.29 is 59.1 Å². The van der Waals surface area contributed by atoms with Crippen molar-refractivity contribution in [2.45, 2.75) is 68.3 Å². The number of unbranched alkanes of at least 4 members (excludes halogenated alkanes) is 2. The standard InChI is InChI=1S/C28H46N6O12S/c35-21(7-2-1-6-20-26-18(17-47-20)30-28(46)31-26)29-8-4-3-5-19(27(44)45)34(11-9-32(13-22(36)37)14-23(38)39)12-10-33(15-24(40)41)16-25(42)43/h18-20,26H,1-17H2,(H,29,35)(H,36,37)(H,38,39)(H,40,41)(H,42,43)(H,44,45)(H2,30,31,46)/t18-,19?,20-,26-/m0/s1. The molecule has 18 nitrogen and oxygen atoms in total. The maximum absolute atomic E-state index is 12.3. The highest BCUT2D eigenvalue weighted by atomic mass is 32.2. The fourth-order valence-corrected chi connectivity index (χ4v) is 7.22. The van der Waals surface area contributed by atoms with E-state index in [1.54, 1.807) is 0 Å².